The molecule has 9 N–H and O–H groups in total. The van der Waals surface area contributed by atoms with Crippen molar-refractivity contribution in [1.29, 1.82) is 10.8 Å². The van der Waals surface area contributed by atoms with Gasteiger partial charge in [0.1, 0.15) is 5.65 Å². The number of aromatic amines is 1. The summed E-state index contributed by atoms with van der Waals surface area (Å²) < 4.78 is 22.6. The van der Waals surface area contributed by atoms with Crippen LogP contribution in [0.25, 0.3) is 28.0 Å². The predicted molar refractivity (Wildman–Crippen MR) is 173 cm³/mol. The Balaban J connectivity index is 1.50. The van der Waals surface area contributed by atoms with E-state index in [-0.39, 0.29) is 23.1 Å². The van der Waals surface area contributed by atoms with Gasteiger partial charge in [-0.05, 0) is 81.0 Å². The second kappa shape index (κ2) is 15.0. The first-order valence-corrected chi connectivity index (χ1v) is 14.8. The Morgan fingerprint density at radius 2 is 1.91 bits per heavy atom. The number of rotatable bonds is 14. The Kier molecular flexibility index (Phi) is 11.1. The van der Waals surface area contributed by atoms with E-state index in [1.54, 1.807) is 43.5 Å². The van der Waals surface area contributed by atoms with Gasteiger partial charge in [0, 0.05) is 36.3 Å². The van der Waals surface area contributed by atoms with Crippen molar-refractivity contribution >= 4 is 34.4 Å². The van der Waals surface area contributed by atoms with Crippen LogP contribution < -0.4 is 27.8 Å². The molecule has 0 fully saturated rings. The highest BCUT2D eigenvalue weighted by Crippen LogP contribution is 2.31. The minimum absolute atomic E-state index is 0.0353. The molecular weight excluding hydrogens is 585 g/mol. The van der Waals surface area contributed by atoms with E-state index < -0.39 is 11.5 Å². The number of nitrogens with one attached hydrogen (secondary N) is 5. The molecule has 0 aliphatic carbocycles. The summed E-state index contributed by atoms with van der Waals surface area (Å²) in [5.41, 5.74) is 14.3. The zero-order valence-electron chi connectivity index (χ0n) is 24.8. The van der Waals surface area contributed by atoms with Gasteiger partial charge in [0.2, 0.25) is 0 Å². The fraction of sp³-hybridized carbons (Fsp3) is 0.355. The van der Waals surface area contributed by atoms with Gasteiger partial charge in [-0.25, -0.2) is 9.18 Å². The van der Waals surface area contributed by atoms with Crippen molar-refractivity contribution in [2.24, 2.45) is 11.5 Å². The lowest BCUT2D eigenvalue weighted by Gasteiger charge is -2.19. The first-order chi connectivity index (χ1) is 21.0. The minimum atomic E-state index is -0.539. The van der Waals surface area contributed by atoms with Crippen molar-refractivity contribution in [3.8, 4) is 16.9 Å². The third-order valence-electron chi connectivity index (χ3n) is 7.09. The highest BCUT2D eigenvalue weighted by Gasteiger charge is 2.16. The van der Waals surface area contributed by atoms with Crippen molar-refractivity contribution in [1.82, 2.24) is 25.2 Å². The van der Waals surface area contributed by atoms with E-state index in [2.05, 4.69) is 20.6 Å². The van der Waals surface area contributed by atoms with Gasteiger partial charge in [-0.3, -0.25) is 15.4 Å². The van der Waals surface area contributed by atoms with Crippen LogP contribution in [0.3, 0.4) is 0 Å². The number of H-pyrrole nitrogens is 1. The van der Waals surface area contributed by atoms with Crippen molar-refractivity contribution in [3.05, 3.63) is 81.1 Å². The Morgan fingerprint density at radius 1 is 1.16 bits per heavy atom. The smallest absolute Gasteiger partial charge is 0.354 e. The molecular formula is C31H39ClFN9O2. The molecule has 0 aliphatic heterocycles. The molecule has 2 atom stereocenters. The molecule has 0 amide bonds. The molecule has 11 nitrogen and oxygen atoms in total. The largest absolute Gasteiger partial charge is 0.374 e. The van der Waals surface area contributed by atoms with E-state index in [1.807, 2.05) is 19.1 Å². The van der Waals surface area contributed by atoms with Crippen LogP contribution in [-0.2, 0) is 17.8 Å². The predicted octanol–water partition coefficient (Wildman–Crippen LogP) is 4.19. The summed E-state index contributed by atoms with van der Waals surface area (Å²) in [5.74, 6) is -0.310. The first-order valence-electron chi connectivity index (χ1n) is 14.4. The topological polar surface area (TPSA) is 184 Å². The molecule has 0 saturated heterocycles. The molecule has 2 aromatic carbocycles. The molecule has 4 rings (SSSR count). The summed E-state index contributed by atoms with van der Waals surface area (Å²) in [7, 11) is 0. The number of fused-ring (bicyclic) bond motifs is 1. The molecule has 0 spiro atoms. The van der Waals surface area contributed by atoms with Gasteiger partial charge in [-0.1, -0.05) is 23.7 Å². The molecule has 13 heteroatoms. The fourth-order valence-corrected chi connectivity index (χ4v) is 5.04. The van der Waals surface area contributed by atoms with Crippen LogP contribution in [0, 0.1) is 16.6 Å². The van der Waals surface area contributed by atoms with Crippen LogP contribution in [0.1, 0.15) is 44.2 Å². The zero-order chi connectivity index (χ0) is 31.8. The number of amidine groups is 1. The molecule has 0 unspecified atom stereocenters. The van der Waals surface area contributed by atoms with Crippen LogP contribution in [0.15, 0.2) is 53.5 Å². The number of halogens is 2. The van der Waals surface area contributed by atoms with Crippen LogP contribution in [0.4, 0.5) is 4.39 Å². The number of aromatic nitrogens is 3. The van der Waals surface area contributed by atoms with Gasteiger partial charge in [0.25, 0.3) is 0 Å². The molecule has 0 saturated carbocycles. The number of hydrogen-bond acceptors (Lipinski definition) is 6. The molecule has 234 valence electrons. The number of nitrogens with zero attached hydrogens (tertiary/aromatic N) is 2. The highest BCUT2D eigenvalue weighted by atomic mass is 35.5. The second-order valence-corrected chi connectivity index (χ2v) is 11.3. The van der Waals surface area contributed by atoms with Crippen LogP contribution in [0.5, 0.6) is 0 Å². The summed E-state index contributed by atoms with van der Waals surface area (Å²) >= 11 is 6.23. The number of hydrogen-bond donors (Lipinski definition) is 7. The molecule has 4 aromatic rings. The average molecular weight is 624 g/mol. The SMILES string of the molecule is CC(=N)NCC[C@H](CNC(=N)N)OCc1ccc(-n2cc3cc(-c4cc(CCC[C@H](C)N)cc(Cl)c4F)[nH]c3nc2=O)cc1. The molecule has 44 heavy (non-hydrogen) atoms. The quantitative estimate of drug-likeness (QED) is 0.0811. The summed E-state index contributed by atoms with van der Waals surface area (Å²) in [5, 5.41) is 21.3. The zero-order valence-corrected chi connectivity index (χ0v) is 25.6. The molecule has 2 aromatic heterocycles. The maximum atomic E-state index is 15.1. The number of guanidine groups is 1. The lowest BCUT2D eigenvalue weighted by molar-refractivity contribution is 0.0389. The number of nitrogens with two attached hydrogens (primary N) is 2. The third-order valence-corrected chi connectivity index (χ3v) is 7.36. The van der Waals surface area contributed by atoms with Gasteiger partial charge in [-0.2, -0.15) is 4.98 Å². The molecule has 0 aliphatic rings. The van der Waals surface area contributed by atoms with Crippen LogP contribution in [-0.4, -0.2) is 51.6 Å². The maximum absolute atomic E-state index is 15.1. The summed E-state index contributed by atoms with van der Waals surface area (Å²) in [6.07, 6.45) is 4.47. The van der Waals surface area contributed by atoms with E-state index in [4.69, 9.17) is 38.6 Å². The standard InChI is InChI=1S/C31H39ClFN9O2/c1-18(34)4-3-5-21-12-25(28(33)26(32)13-21)27-14-22-16-42(31(43)41-29(22)40-27)23-8-6-20(7-9-23)17-44-24(15-39-30(36)37)10-11-38-19(2)35/h6-9,12-14,16,18,24H,3-5,10-11,15,17,34H2,1-2H3,(H2,35,38)(H4,36,37,39)(H,40,41,43)/t18-,24+/m0/s1. The van der Waals surface area contributed by atoms with E-state index in [0.29, 0.717) is 59.9 Å². The van der Waals surface area contributed by atoms with E-state index in [9.17, 15) is 4.79 Å². The molecule has 2 heterocycles. The number of aryl methyl sites for hydroxylation is 1. The van der Waals surface area contributed by atoms with Gasteiger partial charge in [0.15, 0.2) is 11.8 Å². The van der Waals surface area contributed by atoms with Crippen LogP contribution in [0.2, 0.25) is 5.02 Å². The Bertz CT molecular complexity index is 1670. The van der Waals surface area contributed by atoms with E-state index in [1.165, 1.54) is 4.57 Å². The van der Waals surface area contributed by atoms with Gasteiger partial charge in [0.05, 0.1) is 35.0 Å². The van der Waals surface area contributed by atoms with Gasteiger partial charge in [-0.15, -0.1) is 0 Å². The summed E-state index contributed by atoms with van der Waals surface area (Å²) in [6, 6.07) is 12.6. The lowest BCUT2D eigenvalue weighted by atomic mass is 10.0. The van der Waals surface area contributed by atoms with Crippen molar-refractivity contribution < 1.29 is 9.13 Å². The fourth-order valence-electron chi connectivity index (χ4n) is 4.79. The van der Waals surface area contributed by atoms with E-state index >= 15 is 4.39 Å². The first kappa shape index (κ1) is 32.6. The normalized spacial score (nSPS) is 12.7. The second-order valence-electron chi connectivity index (χ2n) is 10.9. The number of benzene rings is 2. The third kappa shape index (κ3) is 8.88. The average Bonchev–Trinajstić information content (AvgIpc) is 3.38. The van der Waals surface area contributed by atoms with Crippen LogP contribution >= 0.6 is 11.6 Å². The van der Waals surface area contributed by atoms with Gasteiger partial charge < -0.3 is 31.8 Å². The summed E-state index contributed by atoms with van der Waals surface area (Å²) in [6.45, 7) is 4.84. The van der Waals surface area contributed by atoms with E-state index in [0.717, 1.165) is 30.4 Å². The Labute approximate surface area is 260 Å². The lowest BCUT2D eigenvalue weighted by Crippen LogP contribution is -2.39. The Hall–Kier alpha value is -4.26. The molecule has 0 radical (unpaired) electrons. The van der Waals surface area contributed by atoms with Crippen molar-refractivity contribution in [2.75, 3.05) is 13.1 Å². The summed E-state index contributed by atoms with van der Waals surface area (Å²) in [4.78, 5) is 20.2. The minimum Gasteiger partial charge on any atom is -0.374 e. The Morgan fingerprint density at radius 3 is 2.59 bits per heavy atom. The van der Waals surface area contributed by atoms with Crippen molar-refractivity contribution in [2.45, 2.75) is 58.3 Å². The van der Waals surface area contributed by atoms with Gasteiger partial charge >= 0.3 is 5.69 Å². The van der Waals surface area contributed by atoms with Crippen molar-refractivity contribution in [3.63, 3.8) is 0 Å². The molecule has 0 bridgehead atoms. The number of ether oxygens (including phenoxy) is 1. The highest BCUT2D eigenvalue weighted by molar-refractivity contribution is 6.31. The monoisotopic (exact) mass is 623 g/mol. The maximum Gasteiger partial charge on any atom is 0.354 e.